The molecule has 4 rings (SSSR count). The average Bonchev–Trinajstić information content (AvgIpc) is 3.31. The van der Waals surface area contributed by atoms with Crippen molar-refractivity contribution < 1.29 is 14.7 Å². The van der Waals surface area contributed by atoms with Gasteiger partial charge in [0.05, 0.1) is 6.04 Å². The van der Waals surface area contributed by atoms with E-state index in [1.165, 1.54) is 16.7 Å². The van der Waals surface area contributed by atoms with Gasteiger partial charge < -0.3 is 20.1 Å². The Bertz CT molecular complexity index is 932. The van der Waals surface area contributed by atoms with Crippen LogP contribution in [-0.2, 0) is 0 Å². The second kappa shape index (κ2) is 5.94. The number of carboxylic acids is 1. The summed E-state index contributed by atoms with van der Waals surface area (Å²) in [6.45, 7) is 0.388. The van der Waals surface area contributed by atoms with Crippen molar-refractivity contribution in [2.75, 3.05) is 6.54 Å². The molecule has 1 fully saturated rings. The van der Waals surface area contributed by atoms with Crippen molar-refractivity contribution in [1.29, 1.82) is 0 Å². The molecule has 9 heteroatoms. The molecule has 8 nitrogen and oxygen atoms in total. The molecule has 0 saturated carbocycles. The molecule has 2 atom stereocenters. The van der Waals surface area contributed by atoms with Gasteiger partial charge >= 0.3 is 5.97 Å². The number of amides is 1. The van der Waals surface area contributed by atoms with Gasteiger partial charge in [-0.2, -0.15) is 0 Å². The van der Waals surface area contributed by atoms with Gasteiger partial charge in [-0.1, -0.05) is 6.07 Å². The highest BCUT2D eigenvalue weighted by Crippen LogP contribution is 2.34. The van der Waals surface area contributed by atoms with Gasteiger partial charge in [-0.3, -0.25) is 4.79 Å². The van der Waals surface area contributed by atoms with E-state index in [0.29, 0.717) is 29.3 Å². The Morgan fingerprint density at radius 1 is 1.28 bits per heavy atom. The minimum atomic E-state index is -1.08. The Hall–Kier alpha value is -2.78. The first-order valence-corrected chi connectivity index (χ1v) is 8.60. The monoisotopic (exact) mass is 357 g/mol. The molecule has 0 radical (unpaired) electrons. The van der Waals surface area contributed by atoms with Crippen LogP contribution in [0.5, 0.6) is 0 Å². The molecule has 2 unspecified atom stereocenters. The molecule has 3 N–H and O–H groups in total. The van der Waals surface area contributed by atoms with Gasteiger partial charge in [-0.25, -0.2) is 14.8 Å². The molecule has 0 aromatic carbocycles. The number of carbonyl (C=O) groups excluding carboxylic acids is 1. The van der Waals surface area contributed by atoms with Gasteiger partial charge in [0.25, 0.3) is 5.91 Å². The number of aromatic carboxylic acids is 1. The number of nitrogens with zero attached hydrogens (tertiary/aromatic N) is 4. The van der Waals surface area contributed by atoms with Crippen LogP contribution < -0.4 is 5.73 Å². The number of hydrogen-bond donors (Lipinski definition) is 2. The van der Waals surface area contributed by atoms with Gasteiger partial charge in [0.2, 0.25) is 0 Å². The molecule has 128 valence electrons. The van der Waals surface area contributed by atoms with Crippen LogP contribution in [0.15, 0.2) is 36.0 Å². The molecule has 1 amide bonds. The van der Waals surface area contributed by atoms with Crippen LogP contribution >= 0.6 is 11.3 Å². The fourth-order valence-corrected chi connectivity index (χ4v) is 3.97. The topological polar surface area (TPSA) is 114 Å². The van der Waals surface area contributed by atoms with Crippen molar-refractivity contribution in [3.8, 4) is 0 Å². The SMILES string of the molecule is NC1CC(c2nc(C(=O)O)cs2)N(C(=O)c2cn3ccccc3n2)C1. The molecule has 0 spiro atoms. The van der Waals surface area contributed by atoms with Crippen LogP contribution in [0.2, 0.25) is 0 Å². The molecule has 3 aromatic rings. The normalized spacial score (nSPS) is 20.3. The number of imidazole rings is 1. The summed E-state index contributed by atoms with van der Waals surface area (Å²) in [4.78, 5) is 34.1. The van der Waals surface area contributed by atoms with E-state index in [9.17, 15) is 9.59 Å². The Morgan fingerprint density at radius 2 is 2.12 bits per heavy atom. The first-order chi connectivity index (χ1) is 12.0. The number of rotatable bonds is 3. The van der Waals surface area contributed by atoms with Gasteiger partial charge in [-0.15, -0.1) is 11.3 Å². The first-order valence-electron chi connectivity index (χ1n) is 7.72. The summed E-state index contributed by atoms with van der Waals surface area (Å²) >= 11 is 1.23. The average molecular weight is 357 g/mol. The van der Waals surface area contributed by atoms with Gasteiger partial charge in [-0.05, 0) is 18.6 Å². The lowest BCUT2D eigenvalue weighted by atomic mass is 10.2. The highest BCUT2D eigenvalue weighted by atomic mass is 32.1. The third-order valence-corrected chi connectivity index (χ3v) is 5.15. The van der Waals surface area contributed by atoms with Crippen molar-refractivity contribution in [1.82, 2.24) is 19.3 Å². The fourth-order valence-electron chi connectivity index (χ4n) is 3.05. The smallest absolute Gasteiger partial charge is 0.355 e. The fraction of sp³-hybridized carbons (Fsp3) is 0.250. The lowest BCUT2D eigenvalue weighted by molar-refractivity contribution is 0.0691. The molecule has 0 bridgehead atoms. The van der Waals surface area contributed by atoms with Crippen LogP contribution in [0, 0.1) is 0 Å². The van der Waals surface area contributed by atoms with Crippen molar-refractivity contribution in [2.45, 2.75) is 18.5 Å². The van der Waals surface area contributed by atoms with Crippen LogP contribution in [-0.4, -0.2) is 48.8 Å². The third-order valence-electron chi connectivity index (χ3n) is 4.20. The number of nitrogens with two attached hydrogens (primary N) is 1. The second-order valence-electron chi connectivity index (χ2n) is 5.94. The van der Waals surface area contributed by atoms with Gasteiger partial charge in [0.15, 0.2) is 5.69 Å². The summed E-state index contributed by atoms with van der Waals surface area (Å²) in [5.74, 6) is -1.31. The number of thiazole rings is 1. The number of pyridine rings is 1. The van der Waals surface area contributed by atoms with Crippen molar-refractivity contribution >= 4 is 28.9 Å². The molecule has 4 heterocycles. The van der Waals surface area contributed by atoms with E-state index in [1.54, 1.807) is 15.5 Å². The Kier molecular flexibility index (Phi) is 3.74. The Balaban J connectivity index is 1.66. The Labute approximate surface area is 146 Å². The maximum Gasteiger partial charge on any atom is 0.355 e. The molecule has 1 aliphatic rings. The molecule has 1 saturated heterocycles. The summed E-state index contributed by atoms with van der Waals surface area (Å²) < 4.78 is 1.78. The molecular weight excluding hydrogens is 342 g/mol. The zero-order chi connectivity index (χ0) is 17.6. The van der Waals surface area contributed by atoms with Gasteiger partial charge in [0, 0.05) is 30.4 Å². The van der Waals surface area contributed by atoms with E-state index in [1.807, 2.05) is 24.4 Å². The minimum absolute atomic E-state index is 0.0133. The molecular formula is C16H15N5O3S. The number of fused-ring (bicyclic) bond motifs is 1. The molecule has 0 aliphatic carbocycles. The third kappa shape index (κ3) is 2.77. The summed E-state index contributed by atoms with van der Waals surface area (Å²) in [5.41, 5.74) is 7.06. The van der Waals surface area contributed by atoms with E-state index in [2.05, 4.69) is 9.97 Å². The summed E-state index contributed by atoms with van der Waals surface area (Å²) in [6.07, 6.45) is 4.06. The Morgan fingerprint density at radius 3 is 2.84 bits per heavy atom. The number of carbonyl (C=O) groups is 2. The van der Waals surface area contributed by atoms with E-state index in [-0.39, 0.29) is 23.7 Å². The maximum absolute atomic E-state index is 12.9. The van der Waals surface area contributed by atoms with Crippen LogP contribution in [0.3, 0.4) is 0 Å². The van der Waals surface area contributed by atoms with E-state index in [0.717, 1.165) is 0 Å². The largest absolute Gasteiger partial charge is 0.476 e. The number of likely N-dealkylation sites (tertiary alicyclic amines) is 1. The predicted molar refractivity (Wildman–Crippen MR) is 90.6 cm³/mol. The lowest BCUT2D eigenvalue weighted by Crippen LogP contribution is -2.33. The summed E-state index contributed by atoms with van der Waals surface area (Å²) in [7, 11) is 0. The van der Waals surface area contributed by atoms with Crippen molar-refractivity contribution in [3.05, 3.63) is 52.4 Å². The molecule has 25 heavy (non-hydrogen) atoms. The minimum Gasteiger partial charge on any atom is -0.476 e. The lowest BCUT2D eigenvalue weighted by Gasteiger charge is -2.21. The highest BCUT2D eigenvalue weighted by molar-refractivity contribution is 7.09. The molecule has 3 aromatic heterocycles. The quantitative estimate of drug-likeness (QED) is 0.732. The van der Waals surface area contributed by atoms with Gasteiger partial charge in [0.1, 0.15) is 16.3 Å². The number of aromatic nitrogens is 3. The van der Waals surface area contributed by atoms with E-state index < -0.39 is 5.97 Å². The predicted octanol–water partition coefficient (Wildman–Crippen LogP) is 1.40. The van der Waals surface area contributed by atoms with Crippen LogP contribution in [0.4, 0.5) is 0 Å². The van der Waals surface area contributed by atoms with Crippen molar-refractivity contribution in [2.24, 2.45) is 5.73 Å². The standard InChI is InChI=1S/C16H15N5O3S/c17-9-5-12(14-19-11(8-25-14)16(23)24)21(6-9)15(22)10-7-20-4-2-1-3-13(20)18-10/h1-4,7-9,12H,5-6,17H2,(H,23,24). The zero-order valence-corrected chi connectivity index (χ0v) is 13.9. The van der Waals surface area contributed by atoms with E-state index in [4.69, 9.17) is 10.8 Å². The summed E-state index contributed by atoms with van der Waals surface area (Å²) in [6, 6.07) is 5.03. The van der Waals surface area contributed by atoms with Crippen LogP contribution in [0.25, 0.3) is 5.65 Å². The first kappa shape index (κ1) is 15.7. The van der Waals surface area contributed by atoms with Crippen LogP contribution in [0.1, 0.15) is 38.4 Å². The van der Waals surface area contributed by atoms with Crippen molar-refractivity contribution in [3.63, 3.8) is 0 Å². The summed E-state index contributed by atoms with van der Waals surface area (Å²) in [5, 5.41) is 11.1. The maximum atomic E-state index is 12.9. The number of carboxylic acid groups (broad SMARTS) is 1. The van der Waals surface area contributed by atoms with E-state index >= 15 is 0 Å². The zero-order valence-electron chi connectivity index (χ0n) is 13.1. The second-order valence-corrected chi connectivity index (χ2v) is 6.83. The number of hydrogen-bond acceptors (Lipinski definition) is 6. The highest BCUT2D eigenvalue weighted by Gasteiger charge is 2.37. The molecule has 1 aliphatic heterocycles.